The van der Waals surface area contributed by atoms with E-state index in [1.807, 2.05) is 0 Å². The molecule has 0 aromatic carbocycles. The van der Waals surface area contributed by atoms with Crippen LogP contribution in [-0.4, -0.2) is 31.7 Å². The molecule has 0 bridgehead atoms. The second-order valence-electron chi connectivity index (χ2n) is 4.07. The van der Waals surface area contributed by atoms with Crippen molar-refractivity contribution in [3.05, 3.63) is 0 Å². The molecular formula is C12H26O3. The molecule has 15 heavy (non-hydrogen) atoms. The zero-order chi connectivity index (χ0) is 11.4. The fourth-order valence-electron chi connectivity index (χ4n) is 1.42. The molecule has 1 unspecified atom stereocenters. The molecule has 1 N–H and O–H groups in total. The molecule has 0 aromatic heterocycles. The first-order valence-corrected chi connectivity index (χ1v) is 6.07. The topological polar surface area (TPSA) is 38.7 Å². The fraction of sp³-hybridized carbons (Fsp3) is 1.00. The van der Waals surface area contributed by atoms with Crippen LogP contribution in [0.3, 0.4) is 0 Å². The molecule has 0 spiro atoms. The second kappa shape index (κ2) is 12.0. The Morgan fingerprint density at radius 3 is 2.60 bits per heavy atom. The molecule has 92 valence electrons. The van der Waals surface area contributed by atoms with E-state index >= 15 is 0 Å². The number of hydrogen-bond acceptors (Lipinski definition) is 3. The Hall–Kier alpha value is -0.120. The Kier molecular flexibility index (Phi) is 11.9. The minimum absolute atomic E-state index is 0.135. The lowest BCUT2D eigenvalue weighted by atomic mass is 10.1. The van der Waals surface area contributed by atoms with Gasteiger partial charge >= 0.3 is 0 Å². The van der Waals surface area contributed by atoms with Gasteiger partial charge < -0.3 is 14.6 Å². The van der Waals surface area contributed by atoms with E-state index in [0.717, 1.165) is 25.6 Å². The highest BCUT2D eigenvalue weighted by Gasteiger charge is 2.06. The third kappa shape index (κ3) is 11.8. The summed E-state index contributed by atoms with van der Waals surface area (Å²) >= 11 is 0. The fourth-order valence-corrected chi connectivity index (χ4v) is 1.42. The average Bonchev–Trinajstić information content (AvgIpc) is 2.27. The van der Waals surface area contributed by atoms with Gasteiger partial charge in [-0.2, -0.15) is 0 Å². The molecule has 0 aromatic rings. The van der Waals surface area contributed by atoms with Crippen LogP contribution in [0, 0.1) is 5.92 Å². The van der Waals surface area contributed by atoms with E-state index in [1.165, 1.54) is 25.7 Å². The molecule has 3 heteroatoms. The van der Waals surface area contributed by atoms with E-state index in [0.29, 0.717) is 6.61 Å². The molecule has 1 atom stereocenters. The van der Waals surface area contributed by atoms with Gasteiger partial charge in [-0.3, -0.25) is 0 Å². The van der Waals surface area contributed by atoms with Crippen LogP contribution < -0.4 is 0 Å². The molecule has 0 saturated carbocycles. The van der Waals surface area contributed by atoms with E-state index in [-0.39, 0.29) is 6.79 Å². The van der Waals surface area contributed by atoms with Crippen molar-refractivity contribution < 1.29 is 14.6 Å². The third-order valence-corrected chi connectivity index (χ3v) is 2.37. The third-order valence-electron chi connectivity index (χ3n) is 2.37. The maximum Gasteiger partial charge on any atom is 0.143 e. The number of unbranched alkanes of at least 4 members (excludes halogenated alkanes) is 2. The summed E-state index contributed by atoms with van der Waals surface area (Å²) in [4.78, 5) is 0. The molecule has 0 amide bonds. The summed E-state index contributed by atoms with van der Waals surface area (Å²) in [6, 6.07) is 0. The summed E-state index contributed by atoms with van der Waals surface area (Å²) in [6.07, 6.45) is 6.09. The molecule has 1 fully saturated rings. The first-order chi connectivity index (χ1) is 7.31. The van der Waals surface area contributed by atoms with Crippen LogP contribution in [0.4, 0.5) is 0 Å². The van der Waals surface area contributed by atoms with Gasteiger partial charge in [-0.05, 0) is 25.2 Å². The highest BCUT2D eigenvalue weighted by atomic mass is 16.6. The van der Waals surface area contributed by atoms with Gasteiger partial charge in [0.25, 0.3) is 0 Å². The SMILES string of the molecule is CC1CCCOC1.CCCCCOCO. The molecular weight excluding hydrogens is 192 g/mol. The maximum absolute atomic E-state index is 8.14. The van der Waals surface area contributed by atoms with Gasteiger partial charge in [0.15, 0.2) is 0 Å². The summed E-state index contributed by atoms with van der Waals surface area (Å²) in [5.41, 5.74) is 0. The van der Waals surface area contributed by atoms with E-state index in [4.69, 9.17) is 14.6 Å². The second-order valence-corrected chi connectivity index (χ2v) is 4.07. The monoisotopic (exact) mass is 218 g/mol. The number of ether oxygens (including phenoxy) is 2. The molecule has 3 nitrogen and oxygen atoms in total. The zero-order valence-electron chi connectivity index (χ0n) is 10.2. The Bertz CT molecular complexity index is 105. The van der Waals surface area contributed by atoms with Crippen LogP contribution in [0.15, 0.2) is 0 Å². The number of aliphatic hydroxyl groups is 1. The molecule has 0 radical (unpaired) electrons. The van der Waals surface area contributed by atoms with Crippen molar-refractivity contribution in [1.82, 2.24) is 0 Å². The van der Waals surface area contributed by atoms with Crippen molar-refractivity contribution in [2.75, 3.05) is 26.6 Å². The van der Waals surface area contributed by atoms with Gasteiger partial charge in [-0.1, -0.05) is 26.7 Å². The maximum atomic E-state index is 8.14. The molecule has 1 heterocycles. The summed E-state index contributed by atoms with van der Waals surface area (Å²) in [6.45, 7) is 6.91. The Morgan fingerprint density at radius 1 is 1.40 bits per heavy atom. The van der Waals surface area contributed by atoms with Crippen molar-refractivity contribution in [3.8, 4) is 0 Å². The Morgan fingerprint density at radius 2 is 2.20 bits per heavy atom. The molecule has 1 aliphatic heterocycles. The van der Waals surface area contributed by atoms with E-state index in [1.54, 1.807) is 0 Å². The first kappa shape index (κ1) is 14.9. The van der Waals surface area contributed by atoms with E-state index in [9.17, 15) is 0 Å². The summed E-state index contributed by atoms with van der Waals surface area (Å²) < 4.78 is 9.87. The molecule has 0 aliphatic carbocycles. The zero-order valence-corrected chi connectivity index (χ0v) is 10.2. The van der Waals surface area contributed by atoms with Gasteiger partial charge in [0.1, 0.15) is 6.79 Å². The lowest BCUT2D eigenvalue weighted by Crippen LogP contribution is -2.13. The Balaban J connectivity index is 0.000000262. The van der Waals surface area contributed by atoms with E-state index < -0.39 is 0 Å². The number of hydrogen-bond donors (Lipinski definition) is 1. The van der Waals surface area contributed by atoms with Crippen molar-refractivity contribution in [1.29, 1.82) is 0 Å². The van der Waals surface area contributed by atoms with Gasteiger partial charge in [0.05, 0.1) is 0 Å². The van der Waals surface area contributed by atoms with Crippen LogP contribution in [0.5, 0.6) is 0 Å². The van der Waals surface area contributed by atoms with Gasteiger partial charge in [-0.15, -0.1) is 0 Å². The van der Waals surface area contributed by atoms with Crippen molar-refractivity contribution in [2.24, 2.45) is 5.92 Å². The van der Waals surface area contributed by atoms with Crippen LogP contribution in [0.1, 0.15) is 46.0 Å². The molecule has 1 saturated heterocycles. The quantitative estimate of drug-likeness (QED) is 0.569. The van der Waals surface area contributed by atoms with Crippen LogP contribution in [0.2, 0.25) is 0 Å². The number of aliphatic hydroxyl groups excluding tert-OH is 1. The minimum atomic E-state index is -0.135. The largest absolute Gasteiger partial charge is 0.381 e. The van der Waals surface area contributed by atoms with Crippen LogP contribution >= 0.6 is 0 Å². The van der Waals surface area contributed by atoms with Crippen molar-refractivity contribution >= 4 is 0 Å². The van der Waals surface area contributed by atoms with Crippen molar-refractivity contribution in [2.45, 2.75) is 46.0 Å². The van der Waals surface area contributed by atoms with Gasteiger partial charge in [0.2, 0.25) is 0 Å². The highest BCUT2D eigenvalue weighted by Crippen LogP contribution is 2.10. The van der Waals surface area contributed by atoms with Crippen LogP contribution in [0.25, 0.3) is 0 Å². The van der Waals surface area contributed by atoms with E-state index in [2.05, 4.69) is 13.8 Å². The normalized spacial score (nSPS) is 20.6. The standard InChI is InChI=1S/C6H14O2.C6H12O/c1-2-3-4-5-8-6-7;1-6-3-2-4-7-5-6/h7H,2-6H2,1H3;6H,2-5H2,1H3. The lowest BCUT2D eigenvalue weighted by Gasteiger charge is -2.16. The summed E-state index contributed by atoms with van der Waals surface area (Å²) in [5, 5.41) is 8.14. The Labute approximate surface area is 93.8 Å². The lowest BCUT2D eigenvalue weighted by molar-refractivity contribution is -0.00272. The first-order valence-electron chi connectivity index (χ1n) is 6.07. The van der Waals surface area contributed by atoms with Crippen LogP contribution in [-0.2, 0) is 9.47 Å². The average molecular weight is 218 g/mol. The molecule has 1 aliphatic rings. The van der Waals surface area contributed by atoms with Crippen molar-refractivity contribution in [3.63, 3.8) is 0 Å². The highest BCUT2D eigenvalue weighted by molar-refractivity contribution is 4.55. The predicted molar refractivity (Wildman–Crippen MR) is 61.8 cm³/mol. The smallest absolute Gasteiger partial charge is 0.143 e. The molecule has 1 rings (SSSR count). The summed E-state index contributed by atoms with van der Waals surface area (Å²) in [5.74, 6) is 0.814. The van der Waals surface area contributed by atoms with Gasteiger partial charge in [0, 0.05) is 19.8 Å². The summed E-state index contributed by atoms with van der Waals surface area (Å²) in [7, 11) is 0. The van der Waals surface area contributed by atoms with Gasteiger partial charge in [-0.25, -0.2) is 0 Å². The number of rotatable bonds is 5. The minimum Gasteiger partial charge on any atom is -0.381 e. The predicted octanol–water partition coefficient (Wildman–Crippen LogP) is 2.58.